The molecule has 0 aliphatic rings. The Kier molecular flexibility index (Phi) is 9.87. The molecule has 0 aliphatic carbocycles. The first-order chi connectivity index (χ1) is 15.7. The molecule has 0 spiro atoms. The van der Waals surface area contributed by atoms with Gasteiger partial charge in [-0.05, 0) is 65.2 Å². The van der Waals surface area contributed by atoms with E-state index in [2.05, 4.69) is 46.2 Å². The van der Waals surface area contributed by atoms with Crippen molar-refractivity contribution in [3.8, 4) is 0 Å². The highest BCUT2D eigenvalue weighted by Gasteiger charge is 2.25. The summed E-state index contributed by atoms with van der Waals surface area (Å²) in [6.45, 7) is 6.03. The van der Waals surface area contributed by atoms with Gasteiger partial charge in [0, 0.05) is 25.2 Å². The Balaban J connectivity index is 1.99. The number of rotatable bonds is 10. The molecule has 0 atom stereocenters. The number of aromatic nitrogens is 2. The van der Waals surface area contributed by atoms with E-state index >= 15 is 0 Å². The summed E-state index contributed by atoms with van der Waals surface area (Å²) in [5.74, 6) is -0.346. The lowest BCUT2D eigenvalue weighted by Crippen LogP contribution is -2.32. The fourth-order valence-electron chi connectivity index (χ4n) is 2.27. The first-order valence-corrected chi connectivity index (χ1v) is 11.0. The molecule has 2 rings (SSSR count). The highest BCUT2D eigenvalue weighted by molar-refractivity contribution is 9.10. The second kappa shape index (κ2) is 12.4. The normalized spacial score (nSPS) is 11.6. The number of oxime groups is 1. The second-order valence-corrected chi connectivity index (χ2v) is 8.71. The van der Waals surface area contributed by atoms with Gasteiger partial charge in [-0.3, -0.25) is 14.4 Å². The SMILES string of the molecule is CO/N=C(/c1nonc1NCCNSNC(=O)OC(C)(C)C)N(C=O)c1ccc(F)c(Br)c1. The van der Waals surface area contributed by atoms with E-state index in [-0.39, 0.29) is 21.8 Å². The van der Waals surface area contributed by atoms with Crippen molar-refractivity contribution in [2.45, 2.75) is 26.4 Å². The van der Waals surface area contributed by atoms with Crippen LogP contribution in [0.25, 0.3) is 0 Å². The lowest BCUT2D eigenvalue weighted by Gasteiger charge is -2.19. The molecule has 12 nitrogen and oxygen atoms in total. The summed E-state index contributed by atoms with van der Waals surface area (Å²) in [5, 5.41) is 14.4. The molecule has 0 aliphatic heterocycles. The maximum atomic E-state index is 13.6. The third-order valence-electron chi connectivity index (χ3n) is 3.52. The minimum atomic E-state index is -0.594. The van der Waals surface area contributed by atoms with Crippen LogP contribution in [0.3, 0.4) is 0 Å². The molecule has 3 N–H and O–H groups in total. The summed E-state index contributed by atoms with van der Waals surface area (Å²) in [6, 6.07) is 3.97. The number of hydrogen-bond acceptors (Lipinski definition) is 11. The number of amides is 2. The number of hydrogen-bond donors (Lipinski definition) is 3. The van der Waals surface area contributed by atoms with Crippen LogP contribution in [0.2, 0.25) is 0 Å². The molecule has 0 saturated carbocycles. The van der Waals surface area contributed by atoms with E-state index in [1.54, 1.807) is 20.8 Å². The molecular formula is C18H23BrFN7O5S. The summed E-state index contributed by atoms with van der Waals surface area (Å²) >= 11 is 4.04. The largest absolute Gasteiger partial charge is 0.443 e. The Morgan fingerprint density at radius 1 is 1.36 bits per heavy atom. The molecule has 1 heterocycles. The van der Waals surface area contributed by atoms with Crippen LogP contribution in [0.15, 0.2) is 32.5 Å². The van der Waals surface area contributed by atoms with Crippen LogP contribution in [0.4, 0.5) is 20.7 Å². The number of amidine groups is 1. The van der Waals surface area contributed by atoms with Crippen LogP contribution in [0.5, 0.6) is 0 Å². The van der Waals surface area contributed by atoms with Gasteiger partial charge in [0.05, 0.1) is 10.2 Å². The summed E-state index contributed by atoms with van der Waals surface area (Å²) < 4.78 is 29.1. The first kappa shape index (κ1) is 26.3. The molecule has 15 heteroatoms. The van der Waals surface area contributed by atoms with Crippen LogP contribution < -0.4 is 19.7 Å². The number of carbonyl (C=O) groups is 2. The van der Waals surface area contributed by atoms with Gasteiger partial charge >= 0.3 is 6.09 Å². The Labute approximate surface area is 202 Å². The fraction of sp³-hybridized carbons (Fsp3) is 0.389. The number of nitrogens with one attached hydrogen (secondary N) is 3. The highest BCUT2D eigenvalue weighted by Crippen LogP contribution is 2.25. The molecule has 0 bridgehead atoms. The summed E-state index contributed by atoms with van der Waals surface area (Å²) in [7, 11) is 1.29. The zero-order chi connectivity index (χ0) is 24.4. The van der Waals surface area contributed by atoms with Crippen molar-refractivity contribution in [3.63, 3.8) is 0 Å². The molecule has 180 valence electrons. The van der Waals surface area contributed by atoms with E-state index in [1.165, 1.54) is 25.3 Å². The highest BCUT2D eigenvalue weighted by atomic mass is 79.9. The molecule has 0 fully saturated rings. The lowest BCUT2D eigenvalue weighted by atomic mass is 10.2. The van der Waals surface area contributed by atoms with Crippen molar-refractivity contribution in [3.05, 3.63) is 34.2 Å². The number of nitrogens with zero attached hydrogens (tertiary/aromatic N) is 4. The zero-order valence-electron chi connectivity index (χ0n) is 18.2. The number of benzene rings is 1. The third kappa shape index (κ3) is 8.18. The Bertz CT molecular complexity index is 985. The quantitative estimate of drug-likeness (QED) is 0.101. The monoisotopic (exact) mass is 547 g/mol. The van der Waals surface area contributed by atoms with Crippen molar-refractivity contribution in [1.29, 1.82) is 0 Å². The maximum Gasteiger partial charge on any atom is 0.418 e. The lowest BCUT2D eigenvalue weighted by molar-refractivity contribution is -0.106. The van der Waals surface area contributed by atoms with Gasteiger partial charge < -0.3 is 14.9 Å². The molecule has 0 radical (unpaired) electrons. The average Bonchev–Trinajstić information content (AvgIpc) is 3.20. The first-order valence-electron chi connectivity index (χ1n) is 9.41. The molecule has 2 aromatic rings. The minimum absolute atomic E-state index is 0.0383. The number of carbonyl (C=O) groups excluding carboxylic acids is 2. The Morgan fingerprint density at radius 3 is 2.76 bits per heavy atom. The molecular weight excluding hydrogens is 525 g/mol. The number of halogens is 2. The molecule has 1 aromatic heterocycles. The maximum absolute atomic E-state index is 13.6. The Morgan fingerprint density at radius 2 is 2.12 bits per heavy atom. The van der Waals surface area contributed by atoms with Crippen molar-refractivity contribution in [2.75, 3.05) is 30.4 Å². The molecule has 0 unspecified atom stereocenters. The van der Waals surface area contributed by atoms with Crippen LogP contribution in [0, 0.1) is 5.82 Å². The predicted octanol–water partition coefficient (Wildman–Crippen LogP) is 3.03. The second-order valence-electron chi connectivity index (χ2n) is 7.16. The van der Waals surface area contributed by atoms with Gasteiger partial charge in [-0.1, -0.05) is 5.16 Å². The van der Waals surface area contributed by atoms with Crippen LogP contribution in [-0.2, 0) is 14.4 Å². The summed E-state index contributed by atoms with van der Waals surface area (Å²) in [4.78, 5) is 29.4. The molecule has 1 aromatic carbocycles. The smallest absolute Gasteiger partial charge is 0.418 e. The summed E-state index contributed by atoms with van der Waals surface area (Å²) in [5.41, 5.74) is -0.207. The van der Waals surface area contributed by atoms with Gasteiger partial charge in [-0.15, -0.1) is 0 Å². The van der Waals surface area contributed by atoms with E-state index in [4.69, 9.17) is 14.2 Å². The number of ether oxygens (including phenoxy) is 1. The van der Waals surface area contributed by atoms with Gasteiger partial charge in [0.25, 0.3) is 0 Å². The van der Waals surface area contributed by atoms with E-state index in [0.29, 0.717) is 25.2 Å². The van der Waals surface area contributed by atoms with Gasteiger partial charge in [0.1, 0.15) is 18.5 Å². The minimum Gasteiger partial charge on any atom is -0.443 e. The van der Waals surface area contributed by atoms with Crippen molar-refractivity contribution < 1.29 is 28.2 Å². The van der Waals surface area contributed by atoms with Gasteiger partial charge in [0.15, 0.2) is 5.69 Å². The molecule has 33 heavy (non-hydrogen) atoms. The summed E-state index contributed by atoms with van der Waals surface area (Å²) in [6.07, 6.45) is -0.103. The van der Waals surface area contributed by atoms with Gasteiger partial charge in [-0.2, -0.15) is 0 Å². The van der Waals surface area contributed by atoms with E-state index in [0.717, 1.165) is 17.0 Å². The average molecular weight is 548 g/mol. The fourth-order valence-corrected chi connectivity index (χ4v) is 3.03. The van der Waals surface area contributed by atoms with Crippen LogP contribution in [-0.4, -0.2) is 54.5 Å². The zero-order valence-corrected chi connectivity index (χ0v) is 20.6. The van der Waals surface area contributed by atoms with Crippen molar-refractivity contribution in [2.24, 2.45) is 5.16 Å². The van der Waals surface area contributed by atoms with Crippen LogP contribution in [0.1, 0.15) is 26.5 Å². The Hall–Kier alpha value is -2.91. The standard InChI is InChI=1S/C18H23BrFN7O5S/c1-18(2,3)31-17(29)26-33-22-8-7-21-15-14(23-32-24-15)16(25-30-4)27(10-28)11-5-6-13(20)12(19)9-11/h5-6,9-10,22H,7-8H2,1-4H3,(H,21,24)(H,26,29)/b25-16-. The topological polar surface area (TPSA) is 143 Å². The van der Waals surface area contributed by atoms with Crippen molar-refractivity contribution >= 4 is 57.9 Å². The van der Waals surface area contributed by atoms with E-state index in [9.17, 15) is 14.0 Å². The molecule has 2 amide bonds. The predicted molar refractivity (Wildman–Crippen MR) is 124 cm³/mol. The van der Waals surface area contributed by atoms with E-state index in [1.807, 2.05) is 0 Å². The van der Waals surface area contributed by atoms with Crippen molar-refractivity contribution in [1.82, 2.24) is 19.8 Å². The van der Waals surface area contributed by atoms with Gasteiger partial charge in [-0.25, -0.2) is 18.5 Å². The van der Waals surface area contributed by atoms with Crippen LogP contribution >= 0.6 is 28.1 Å². The van der Waals surface area contributed by atoms with E-state index < -0.39 is 17.5 Å². The van der Waals surface area contributed by atoms with Gasteiger partial charge in [0.2, 0.25) is 18.1 Å². The third-order valence-corrected chi connectivity index (χ3v) is 4.74. The molecule has 0 saturated heterocycles. The number of anilines is 2.